The van der Waals surface area contributed by atoms with E-state index in [0.717, 1.165) is 0 Å². The number of aliphatic hydroxyl groups is 1. The fourth-order valence-electron chi connectivity index (χ4n) is 6.03. The van der Waals surface area contributed by atoms with E-state index < -0.39 is 76.0 Å². The van der Waals surface area contributed by atoms with Gasteiger partial charge in [0.05, 0.1) is 22.5 Å². The third-order valence-electron chi connectivity index (χ3n) is 7.59. The number of anilines is 1. The molecule has 13 heteroatoms. The number of phenolic OH excluding ortho intramolecular Hbond substituents is 1. The van der Waals surface area contributed by atoms with Crippen molar-refractivity contribution in [3.05, 3.63) is 22.2 Å². The Morgan fingerprint density at radius 3 is 2.46 bits per heavy atom. The fourth-order valence-corrected chi connectivity index (χ4v) is 6.66. The van der Waals surface area contributed by atoms with Crippen LogP contribution in [0.5, 0.6) is 5.75 Å². The highest BCUT2D eigenvalue weighted by Gasteiger charge is 2.69. The quantitative estimate of drug-likeness (QED) is 0.209. The first kappa shape index (κ1) is 27.4. The number of hydrogen-bond acceptors (Lipinski definition) is 9. The molecule has 2 fully saturated rings. The Hall–Kier alpha value is -2.67. The number of phenols is 1. The van der Waals surface area contributed by atoms with Crippen molar-refractivity contribution < 1.29 is 39.0 Å². The molecule has 2 saturated carbocycles. The summed E-state index contributed by atoms with van der Waals surface area (Å²) >= 11 is 9.43. The maximum absolute atomic E-state index is 13.8. The molecule has 0 heterocycles. The van der Waals surface area contributed by atoms with E-state index in [9.17, 15) is 39.0 Å². The molecule has 11 nitrogen and oxygen atoms in total. The second-order valence-corrected chi connectivity index (χ2v) is 11.1. The highest BCUT2D eigenvalue weighted by molar-refractivity contribution is 9.09. The lowest BCUT2D eigenvalue weighted by atomic mass is 9.52. The number of alkyl halides is 1. The van der Waals surface area contributed by atoms with Gasteiger partial charge >= 0.3 is 0 Å². The van der Waals surface area contributed by atoms with Gasteiger partial charge in [0.1, 0.15) is 5.69 Å². The Balaban J connectivity index is 1.82. The Labute approximate surface area is 224 Å². The van der Waals surface area contributed by atoms with E-state index in [1.54, 1.807) is 0 Å². The zero-order chi connectivity index (χ0) is 27.6. The molecule has 0 bridgehead atoms. The van der Waals surface area contributed by atoms with Gasteiger partial charge in [-0.3, -0.25) is 33.7 Å². The van der Waals surface area contributed by atoms with Crippen molar-refractivity contribution >= 4 is 68.2 Å². The van der Waals surface area contributed by atoms with Gasteiger partial charge in [-0.2, -0.15) is 0 Å². The van der Waals surface area contributed by atoms with Crippen LogP contribution in [0.25, 0.3) is 0 Å². The van der Waals surface area contributed by atoms with Crippen molar-refractivity contribution in [3.8, 4) is 5.75 Å². The number of likely N-dealkylation sites (N-methyl/N-ethyl adjacent to an activating group) is 1. The lowest BCUT2D eigenvalue weighted by molar-refractivity contribution is -0.181. The highest BCUT2D eigenvalue weighted by atomic mass is 79.9. The van der Waals surface area contributed by atoms with Crippen molar-refractivity contribution in [2.45, 2.75) is 30.9 Å². The van der Waals surface area contributed by atoms with E-state index in [0.29, 0.717) is 10.9 Å². The number of nitrogens with two attached hydrogens (primary N) is 1. The first-order valence-electron chi connectivity index (χ1n) is 11.5. The summed E-state index contributed by atoms with van der Waals surface area (Å²) in [6.07, 6.45) is 0.0774. The minimum atomic E-state index is -2.80. The number of aromatic hydroxyl groups is 1. The van der Waals surface area contributed by atoms with Gasteiger partial charge in [-0.15, -0.1) is 0 Å². The molecule has 1 aromatic carbocycles. The van der Waals surface area contributed by atoms with Crippen LogP contribution in [0.15, 0.2) is 6.07 Å². The molecule has 3 aliphatic carbocycles. The third-order valence-corrected chi connectivity index (χ3v) is 8.28. The predicted molar refractivity (Wildman–Crippen MR) is 133 cm³/mol. The zero-order valence-electron chi connectivity index (χ0n) is 19.9. The molecule has 2 amide bonds. The number of nitrogens with one attached hydrogen (secondary N) is 1. The number of halogens is 2. The van der Waals surface area contributed by atoms with Gasteiger partial charge in [0.2, 0.25) is 11.8 Å². The van der Waals surface area contributed by atoms with Gasteiger partial charge < -0.3 is 21.3 Å². The number of carbonyl (C=O) groups is 6. The second-order valence-electron chi connectivity index (χ2n) is 9.89. The first-order valence-corrected chi connectivity index (χ1v) is 13.0. The van der Waals surface area contributed by atoms with E-state index in [1.165, 1.54) is 25.1 Å². The Bertz CT molecular complexity index is 1270. The van der Waals surface area contributed by atoms with E-state index in [4.69, 9.17) is 17.3 Å². The van der Waals surface area contributed by atoms with Crippen LogP contribution in [-0.4, -0.2) is 81.1 Å². The predicted octanol–water partition coefficient (Wildman–Crippen LogP) is 0.244. The summed E-state index contributed by atoms with van der Waals surface area (Å²) in [6, 6.07) is 0.245. The molecule has 4 unspecified atom stereocenters. The third kappa shape index (κ3) is 4.01. The van der Waals surface area contributed by atoms with Crippen molar-refractivity contribution in [2.24, 2.45) is 29.4 Å². The Kier molecular flexibility index (Phi) is 7.08. The standard InChI is InChI=1S/C24H25BrClN3O8/c1-29(2)17-10-6-8-5-9-7-11(26)16(28-12(30)3-4-25)19(32)13(9)18(31)14(8)21(34)24(10,37)22(35)15(20(17)33)23(27)36/h7-8,10,14-15,17,32,37H,3-6H2,1-2H3,(H2,27,36)(H,28,30)/t8?,10?,14?,15?,17-,24-/m0/s1. The van der Waals surface area contributed by atoms with E-state index in [2.05, 4.69) is 21.2 Å². The number of fused-ring (bicyclic) bond motifs is 3. The number of hydrogen-bond donors (Lipinski definition) is 4. The van der Waals surface area contributed by atoms with Crippen LogP contribution in [0, 0.1) is 23.7 Å². The van der Waals surface area contributed by atoms with Crippen LogP contribution >= 0.6 is 27.5 Å². The zero-order valence-corrected chi connectivity index (χ0v) is 22.3. The smallest absolute Gasteiger partial charge is 0.235 e. The van der Waals surface area contributed by atoms with Crippen LogP contribution in [0.1, 0.15) is 28.8 Å². The number of benzene rings is 1. The Morgan fingerprint density at radius 1 is 1.24 bits per heavy atom. The van der Waals surface area contributed by atoms with Crippen LogP contribution in [0.4, 0.5) is 5.69 Å². The van der Waals surface area contributed by atoms with Gasteiger partial charge in [-0.05, 0) is 44.5 Å². The van der Waals surface area contributed by atoms with Gasteiger partial charge in [0.15, 0.2) is 40.4 Å². The molecule has 0 aliphatic heterocycles. The monoisotopic (exact) mass is 597 g/mol. The number of ketones is 4. The van der Waals surface area contributed by atoms with Crippen LogP contribution in [0.2, 0.25) is 5.02 Å². The first-order chi connectivity index (χ1) is 17.3. The second kappa shape index (κ2) is 9.57. The summed E-state index contributed by atoms with van der Waals surface area (Å²) in [6.45, 7) is 0. The summed E-state index contributed by atoms with van der Waals surface area (Å²) < 4.78 is 0. The summed E-state index contributed by atoms with van der Waals surface area (Å²) in [7, 11) is 3.02. The lowest BCUT2D eigenvalue weighted by Gasteiger charge is -2.52. The summed E-state index contributed by atoms with van der Waals surface area (Å²) in [4.78, 5) is 79.2. The molecule has 0 aromatic heterocycles. The van der Waals surface area contributed by atoms with Gasteiger partial charge in [0, 0.05) is 17.7 Å². The molecule has 0 saturated heterocycles. The molecule has 5 N–H and O–H groups in total. The van der Waals surface area contributed by atoms with Crippen LogP contribution < -0.4 is 11.1 Å². The molecule has 4 rings (SSSR count). The highest BCUT2D eigenvalue weighted by Crippen LogP contribution is 2.52. The number of carbonyl (C=O) groups excluding carboxylic acids is 6. The lowest BCUT2D eigenvalue weighted by Crippen LogP contribution is -2.74. The summed E-state index contributed by atoms with van der Waals surface area (Å²) in [5.74, 6) is -12.0. The number of nitrogens with zero attached hydrogens (tertiary/aromatic N) is 1. The SMILES string of the molecule is CN(C)[C@@H]1C(=O)C(C(N)=O)C(=O)[C@@]2(O)C(=O)C3C(=O)c4c(cc(Cl)c(NC(=O)CCBr)c4O)CC3CC12. The molecule has 1 aromatic rings. The molecule has 198 valence electrons. The van der Waals surface area contributed by atoms with Gasteiger partial charge in [0.25, 0.3) is 0 Å². The average molecular weight is 599 g/mol. The largest absolute Gasteiger partial charge is 0.505 e. The van der Waals surface area contributed by atoms with Gasteiger partial charge in [-0.1, -0.05) is 27.5 Å². The minimum absolute atomic E-state index is 0.0115. The molecular formula is C24H25BrClN3O8. The number of Topliss-reactive ketones (excluding diaryl/α,β-unsaturated/α-hetero) is 4. The van der Waals surface area contributed by atoms with Crippen molar-refractivity contribution in [3.63, 3.8) is 0 Å². The van der Waals surface area contributed by atoms with Gasteiger partial charge in [-0.25, -0.2) is 0 Å². The van der Waals surface area contributed by atoms with E-state index >= 15 is 0 Å². The molecule has 0 spiro atoms. The maximum Gasteiger partial charge on any atom is 0.235 e. The van der Waals surface area contributed by atoms with E-state index in [1.807, 2.05) is 0 Å². The van der Waals surface area contributed by atoms with Crippen molar-refractivity contribution in [2.75, 3.05) is 24.7 Å². The molecule has 0 radical (unpaired) electrons. The van der Waals surface area contributed by atoms with Crippen LogP contribution in [0.3, 0.4) is 0 Å². The molecular weight excluding hydrogens is 574 g/mol. The minimum Gasteiger partial charge on any atom is -0.505 e. The number of rotatable bonds is 5. The average Bonchev–Trinajstić information content (AvgIpc) is 2.78. The number of amides is 2. The normalized spacial score (nSPS) is 31.0. The fraction of sp³-hybridized carbons (Fsp3) is 0.500. The van der Waals surface area contributed by atoms with Crippen LogP contribution in [-0.2, 0) is 30.4 Å². The molecule has 37 heavy (non-hydrogen) atoms. The van der Waals surface area contributed by atoms with E-state index in [-0.39, 0.29) is 35.5 Å². The molecule has 3 aliphatic rings. The maximum atomic E-state index is 13.8. The van der Waals surface area contributed by atoms with Crippen molar-refractivity contribution in [1.29, 1.82) is 0 Å². The summed E-state index contributed by atoms with van der Waals surface area (Å²) in [5, 5.41) is 25.2. The number of primary amides is 1. The molecule has 6 atom stereocenters. The summed E-state index contributed by atoms with van der Waals surface area (Å²) in [5.41, 5.74) is 2.39. The Morgan fingerprint density at radius 2 is 1.89 bits per heavy atom. The topological polar surface area (TPSA) is 184 Å². The van der Waals surface area contributed by atoms with Crippen molar-refractivity contribution in [1.82, 2.24) is 4.90 Å².